The molecule has 0 nitrogen and oxygen atoms in total. The van der Waals surface area contributed by atoms with Crippen molar-refractivity contribution in [2.24, 2.45) is 0 Å². The van der Waals surface area contributed by atoms with Crippen LogP contribution in [0.2, 0.25) is 0 Å². The molecule has 0 bridgehead atoms. The van der Waals surface area contributed by atoms with Crippen LogP contribution in [0.3, 0.4) is 0 Å². The Kier molecular flexibility index (Phi) is 6.59. The van der Waals surface area contributed by atoms with Gasteiger partial charge >= 0.3 is 0 Å². The minimum atomic E-state index is -0.232. The molecule has 0 aliphatic rings. The van der Waals surface area contributed by atoms with Crippen LogP contribution in [0.5, 0.6) is 0 Å². The maximum Gasteiger partial charge on any atom is 0.123 e. The molecule has 130 valence electrons. The topological polar surface area (TPSA) is 0 Å². The van der Waals surface area contributed by atoms with E-state index in [1.165, 1.54) is 12.1 Å². The second-order valence-corrected chi connectivity index (χ2v) is 7.55. The summed E-state index contributed by atoms with van der Waals surface area (Å²) >= 11 is 7.37. The quantitative estimate of drug-likeness (QED) is 0.356. The van der Waals surface area contributed by atoms with Crippen LogP contribution < -0.4 is 0 Å². The van der Waals surface area contributed by atoms with E-state index >= 15 is 0 Å². The second kappa shape index (κ2) is 9.11. The largest absolute Gasteiger partial charge is 0.207 e. The summed E-state index contributed by atoms with van der Waals surface area (Å²) in [6.07, 6.45) is 4.26. The van der Waals surface area contributed by atoms with Crippen LogP contribution in [0.4, 0.5) is 4.39 Å². The minimum Gasteiger partial charge on any atom is -0.207 e. The van der Waals surface area contributed by atoms with Crippen LogP contribution in [-0.2, 0) is 0 Å². The van der Waals surface area contributed by atoms with Gasteiger partial charge < -0.3 is 0 Å². The van der Waals surface area contributed by atoms with Gasteiger partial charge in [0.25, 0.3) is 0 Å². The number of hydrogen-bond donors (Lipinski definition) is 0. The summed E-state index contributed by atoms with van der Waals surface area (Å²) in [6, 6.07) is 26.9. The molecule has 0 radical (unpaired) electrons. The van der Waals surface area contributed by atoms with Crippen LogP contribution in [0, 0.1) is 5.82 Å². The maximum atomic E-state index is 13.4. The zero-order valence-corrected chi connectivity index (χ0v) is 17.1. The summed E-state index contributed by atoms with van der Waals surface area (Å²) in [4.78, 5) is 0. The Balaban J connectivity index is 2.01. The van der Waals surface area contributed by atoms with Gasteiger partial charge in [-0.3, -0.25) is 0 Å². The first-order valence-corrected chi connectivity index (χ1v) is 9.83. The molecule has 0 saturated carbocycles. The molecule has 3 aromatic carbocycles. The van der Waals surface area contributed by atoms with Crippen molar-refractivity contribution in [1.82, 2.24) is 0 Å². The molecule has 0 aromatic heterocycles. The number of hydrogen-bond acceptors (Lipinski definition) is 0. The predicted octanol–water partition coefficient (Wildman–Crippen LogP) is 7.78. The van der Waals surface area contributed by atoms with E-state index in [0.717, 1.165) is 25.7 Å². The van der Waals surface area contributed by atoms with Gasteiger partial charge in [-0.05, 0) is 28.8 Å². The highest BCUT2D eigenvalue weighted by atomic mass is 79.9. The van der Waals surface area contributed by atoms with Crippen LogP contribution in [0.15, 0.2) is 97.1 Å². The fourth-order valence-electron chi connectivity index (χ4n) is 2.63. The summed E-state index contributed by atoms with van der Waals surface area (Å²) in [5.74, 6) is -0.246. The molecule has 0 heterocycles. The molecule has 26 heavy (non-hydrogen) atoms. The van der Waals surface area contributed by atoms with Crippen LogP contribution in [-0.4, -0.2) is 0 Å². The van der Waals surface area contributed by atoms with E-state index < -0.39 is 0 Å². The SMILES string of the molecule is Fc1ccc(C(/C=C(\Br)c2ccccc2)/C=C(/Br)c2ccccc2)cc1. The lowest BCUT2D eigenvalue weighted by Gasteiger charge is -2.12. The van der Waals surface area contributed by atoms with E-state index in [4.69, 9.17) is 0 Å². The molecular weight excluding hydrogens is 455 g/mol. The number of rotatable bonds is 5. The molecule has 0 saturated heterocycles. The highest BCUT2D eigenvalue weighted by Crippen LogP contribution is 2.32. The highest BCUT2D eigenvalue weighted by Gasteiger charge is 2.10. The fourth-order valence-corrected chi connectivity index (χ4v) is 3.73. The van der Waals surface area contributed by atoms with Gasteiger partial charge in [0.15, 0.2) is 0 Å². The Bertz CT molecular complexity index is 842. The lowest BCUT2D eigenvalue weighted by Crippen LogP contribution is -1.94. The molecule has 1 unspecified atom stereocenters. The molecule has 0 spiro atoms. The molecule has 0 aliphatic heterocycles. The molecule has 3 rings (SSSR count). The highest BCUT2D eigenvalue weighted by molar-refractivity contribution is 9.15. The maximum absolute atomic E-state index is 13.4. The number of halogens is 3. The monoisotopic (exact) mass is 470 g/mol. The third kappa shape index (κ3) is 5.03. The van der Waals surface area contributed by atoms with E-state index in [1.807, 2.05) is 48.5 Å². The zero-order valence-electron chi connectivity index (χ0n) is 13.9. The van der Waals surface area contributed by atoms with E-state index in [9.17, 15) is 4.39 Å². The zero-order chi connectivity index (χ0) is 18.4. The van der Waals surface area contributed by atoms with Gasteiger partial charge in [0.2, 0.25) is 0 Å². The summed E-state index contributed by atoms with van der Waals surface area (Å²) in [5, 5.41) is 0. The summed E-state index contributed by atoms with van der Waals surface area (Å²) in [6.45, 7) is 0. The van der Waals surface area contributed by atoms with Crippen molar-refractivity contribution in [2.45, 2.75) is 5.92 Å². The predicted molar refractivity (Wildman–Crippen MR) is 116 cm³/mol. The van der Waals surface area contributed by atoms with Gasteiger partial charge in [-0.15, -0.1) is 0 Å². The molecule has 0 fully saturated rings. The third-order valence-corrected chi connectivity index (χ3v) is 5.45. The van der Waals surface area contributed by atoms with Crippen molar-refractivity contribution in [3.63, 3.8) is 0 Å². The fraction of sp³-hybridized carbons (Fsp3) is 0.0435. The average molecular weight is 472 g/mol. The van der Waals surface area contributed by atoms with Gasteiger partial charge in [0, 0.05) is 14.9 Å². The van der Waals surface area contributed by atoms with E-state index in [1.54, 1.807) is 0 Å². The Morgan fingerprint density at radius 1 is 0.654 bits per heavy atom. The van der Waals surface area contributed by atoms with Gasteiger partial charge in [0.05, 0.1) is 0 Å². The standard InChI is InChI=1S/C23H17Br2F/c24-22(18-7-3-1-4-8-18)15-20(17-11-13-21(26)14-12-17)16-23(25)19-9-5-2-6-10-19/h1-16,20H/b22-15-,23-16+. The van der Waals surface area contributed by atoms with Crippen molar-refractivity contribution in [3.05, 3.63) is 120 Å². The van der Waals surface area contributed by atoms with Gasteiger partial charge in [-0.1, -0.05) is 117 Å². The molecule has 0 N–H and O–H groups in total. The normalized spacial score (nSPS) is 13.5. The van der Waals surface area contributed by atoms with Crippen LogP contribution in [0.25, 0.3) is 8.96 Å². The lowest BCUT2D eigenvalue weighted by atomic mass is 9.96. The third-order valence-electron chi connectivity index (χ3n) is 4.01. The average Bonchev–Trinajstić information content (AvgIpc) is 2.69. The Morgan fingerprint density at radius 3 is 1.50 bits per heavy atom. The number of benzene rings is 3. The number of allylic oxidation sites excluding steroid dienone is 2. The van der Waals surface area contributed by atoms with Crippen molar-refractivity contribution >= 4 is 40.8 Å². The Labute approximate surface area is 170 Å². The molecule has 0 amide bonds. The summed E-state index contributed by atoms with van der Waals surface area (Å²) < 4.78 is 15.4. The second-order valence-electron chi connectivity index (χ2n) is 5.84. The lowest BCUT2D eigenvalue weighted by molar-refractivity contribution is 0.627. The van der Waals surface area contributed by atoms with Gasteiger partial charge in [-0.25, -0.2) is 4.39 Å². The van der Waals surface area contributed by atoms with E-state index in [2.05, 4.69) is 68.3 Å². The first kappa shape index (κ1) is 18.8. The summed E-state index contributed by atoms with van der Waals surface area (Å²) in [7, 11) is 0. The van der Waals surface area contributed by atoms with Crippen molar-refractivity contribution in [1.29, 1.82) is 0 Å². The summed E-state index contributed by atoms with van der Waals surface area (Å²) in [5.41, 5.74) is 3.22. The van der Waals surface area contributed by atoms with Crippen LogP contribution >= 0.6 is 31.9 Å². The minimum absolute atomic E-state index is 0.0141. The van der Waals surface area contributed by atoms with Gasteiger partial charge in [0.1, 0.15) is 5.82 Å². The molecule has 1 atom stereocenters. The van der Waals surface area contributed by atoms with Crippen molar-refractivity contribution < 1.29 is 4.39 Å². The molecule has 0 aliphatic carbocycles. The van der Waals surface area contributed by atoms with E-state index in [0.29, 0.717) is 0 Å². The molecule has 3 aromatic rings. The first-order valence-electron chi connectivity index (χ1n) is 8.24. The molecular formula is C23H17Br2F. The molecule has 3 heteroatoms. The van der Waals surface area contributed by atoms with E-state index in [-0.39, 0.29) is 11.7 Å². The smallest absolute Gasteiger partial charge is 0.123 e. The Hall–Kier alpha value is -1.97. The van der Waals surface area contributed by atoms with Crippen LogP contribution in [0.1, 0.15) is 22.6 Å². The first-order chi connectivity index (χ1) is 12.6. The van der Waals surface area contributed by atoms with Crippen molar-refractivity contribution in [3.8, 4) is 0 Å². The van der Waals surface area contributed by atoms with Gasteiger partial charge in [-0.2, -0.15) is 0 Å². The van der Waals surface area contributed by atoms with Crippen molar-refractivity contribution in [2.75, 3.05) is 0 Å². The Morgan fingerprint density at radius 2 is 1.08 bits per heavy atom.